The molecule has 1 N–H and O–H groups in total. The molecule has 4 saturated carbocycles. The van der Waals surface area contributed by atoms with Crippen molar-refractivity contribution in [2.75, 3.05) is 0 Å². The Morgan fingerprint density at radius 2 is 1.85 bits per heavy atom. The molecule has 0 aliphatic heterocycles. The molecule has 0 amide bonds. The Kier molecular flexibility index (Phi) is 2.46. The lowest BCUT2D eigenvalue weighted by Crippen LogP contribution is -2.55. The van der Waals surface area contributed by atoms with Crippen LogP contribution < -0.4 is 0 Å². The first-order valence-corrected chi connectivity index (χ1v) is 7.84. The van der Waals surface area contributed by atoms with E-state index in [0.717, 1.165) is 18.2 Å². The van der Waals surface area contributed by atoms with E-state index in [1.165, 1.54) is 38.5 Å². The predicted octanol–water partition coefficient (Wildman–Crippen LogP) is 3.10. The van der Waals surface area contributed by atoms with Gasteiger partial charge in [0.25, 0.3) is 0 Å². The average molecular weight is 276 g/mol. The monoisotopic (exact) mass is 276 g/mol. The van der Waals surface area contributed by atoms with E-state index in [2.05, 4.69) is 24.0 Å². The van der Waals surface area contributed by atoms with Crippen molar-refractivity contribution in [3.8, 4) is 0 Å². The number of nitrogens with zero attached hydrogens (tertiary/aromatic N) is 2. The maximum absolute atomic E-state index is 9.08. The highest BCUT2D eigenvalue weighted by Gasteiger charge is 2.60. The number of hydrogen-bond acceptors (Lipinski definition) is 4. The standard InChI is InChI=1S/C16H24N2O2/c1-14-3-11-4-15(2,8-14)10-16(5-11,9-14)6-13-17-12(7-19)18-20-13/h11,19H,3-10H2,1-2H3. The number of hydrogen-bond donors (Lipinski definition) is 1. The van der Waals surface area contributed by atoms with Crippen molar-refractivity contribution in [3.63, 3.8) is 0 Å². The molecule has 1 aromatic heterocycles. The summed E-state index contributed by atoms with van der Waals surface area (Å²) in [5.41, 5.74) is 1.41. The highest BCUT2D eigenvalue weighted by Crippen LogP contribution is 2.70. The smallest absolute Gasteiger partial charge is 0.227 e. The normalized spacial score (nSPS) is 46.0. The van der Waals surface area contributed by atoms with Crippen molar-refractivity contribution < 1.29 is 9.63 Å². The van der Waals surface area contributed by atoms with Crippen LogP contribution in [0.4, 0.5) is 0 Å². The van der Waals surface area contributed by atoms with Gasteiger partial charge in [0.15, 0.2) is 5.82 Å². The molecule has 110 valence electrons. The summed E-state index contributed by atoms with van der Waals surface area (Å²) in [5.74, 6) is 2.03. The third kappa shape index (κ3) is 1.92. The van der Waals surface area contributed by atoms with E-state index in [-0.39, 0.29) is 6.61 Å². The maximum atomic E-state index is 9.08. The Morgan fingerprint density at radius 3 is 2.40 bits per heavy atom. The second-order valence-corrected chi connectivity index (χ2v) is 8.57. The largest absolute Gasteiger partial charge is 0.388 e. The van der Waals surface area contributed by atoms with Crippen molar-refractivity contribution in [1.29, 1.82) is 0 Å². The van der Waals surface area contributed by atoms with Gasteiger partial charge in [0.2, 0.25) is 5.89 Å². The van der Waals surface area contributed by atoms with E-state index in [1.807, 2.05) is 0 Å². The third-order valence-corrected chi connectivity index (χ3v) is 5.92. The molecule has 0 spiro atoms. The molecule has 5 rings (SSSR count). The molecule has 4 heteroatoms. The zero-order valence-corrected chi connectivity index (χ0v) is 12.5. The van der Waals surface area contributed by atoms with E-state index in [9.17, 15) is 0 Å². The van der Waals surface area contributed by atoms with Gasteiger partial charge in [0.05, 0.1) is 0 Å². The van der Waals surface area contributed by atoms with Crippen molar-refractivity contribution >= 4 is 0 Å². The minimum absolute atomic E-state index is 0.130. The van der Waals surface area contributed by atoms with Crippen LogP contribution in [0.15, 0.2) is 4.52 Å². The summed E-state index contributed by atoms with van der Waals surface area (Å²) in [7, 11) is 0. The zero-order chi connectivity index (χ0) is 14.0. The Morgan fingerprint density at radius 1 is 1.15 bits per heavy atom. The van der Waals surface area contributed by atoms with Gasteiger partial charge in [-0.25, -0.2) is 0 Å². The van der Waals surface area contributed by atoms with Gasteiger partial charge in [-0.1, -0.05) is 19.0 Å². The minimum Gasteiger partial charge on any atom is -0.388 e. The second-order valence-electron chi connectivity index (χ2n) is 8.57. The molecule has 4 fully saturated rings. The van der Waals surface area contributed by atoms with E-state index < -0.39 is 0 Å². The van der Waals surface area contributed by atoms with Gasteiger partial charge in [0, 0.05) is 6.42 Å². The van der Waals surface area contributed by atoms with E-state index in [0.29, 0.717) is 22.1 Å². The number of aliphatic hydroxyl groups excluding tert-OH is 1. The average Bonchev–Trinajstić information content (AvgIpc) is 2.70. The van der Waals surface area contributed by atoms with E-state index in [4.69, 9.17) is 9.63 Å². The maximum Gasteiger partial charge on any atom is 0.227 e. The Hall–Kier alpha value is -0.900. The highest BCUT2D eigenvalue weighted by atomic mass is 16.5. The quantitative estimate of drug-likeness (QED) is 0.921. The van der Waals surface area contributed by atoms with Crippen molar-refractivity contribution in [3.05, 3.63) is 11.7 Å². The second kappa shape index (κ2) is 3.85. The van der Waals surface area contributed by atoms with E-state index >= 15 is 0 Å². The van der Waals surface area contributed by atoms with E-state index in [1.54, 1.807) is 0 Å². The minimum atomic E-state index is -0.130. The lowest BCUT2D eigenvalue weighted by atomic mass is 9.40. The van der Waals surface area contributed by atoms with Crippen LogP contribution in [0.25, 0.3) is 0 Å². The third-order valence-electron chi connectivity index (χ3n) is 5.92. The van der Waals surface area contributed by atoms with Crippen LogP contribution in [0, 0.1) is 22.2 Å². The van der Waals surface area contributed by atoms with Gasteiger partial charge >= 0.3 is 0 Å². The zero-order valence-electron chi connectivity index (χ0n) is 12.5. The van der Waals surface area contributed by atoms with Crippen LogP contribution in [0.1, 0.15) is 64.1 Å². The van der Waals surface area contributed by atoms with Gasteiger partial charge < -0.3 is 9.63 Å². The van der Waals surface area contributed by atoms with Crippen molar-refractivity contribution in [2.24, 2.45) is 22.2 Å². The van der Waals surface area contributed by atoms with Gasteiger partial charge in [-0.2, -0.15) is 4.98 Å². The lowest BCUT2D eigenvalue weighted by Gasteiger charge is -2.65. The molecule has 20 heavy (non-hydrogen) atoms. The first kappa shape index (κ1) is 12.8. The van der Waals surface area contributed by atoms with Gasteiger partial charge in [0.1, 0.15) is 6.61 Å². The summed E-state index contributed by atoms with van der Waals surface area (Å²) >= 11 is 0. The van der Waals surface area contributed by atoms with Crippen molar-refractivity contribution in [2.45, 2.75) is 65.4 Å². The summed E-state index contributed by atoms with van der Waals surface area (Å²) < 4.78 is 5.34. The van der Waals surface area contributed by atoms with Crippen molar-refractivity contribution in [1.82, 2.24) is 10.1 Å². The highest BCUT2D eigenvalue weighted by molar-refractivity contribution is 5.12. The summed E-state index contributed by atoms with van der Waals surface area (Å²) in [6, 6.07) is 0. The summed E-state index contributed by atoms with van der Waals surface area (Å²) in [6.07, 6.45) is 9.07. The predicted molar refractivity (Wildman–Crippen MR) is 73.8 cm³/mol. The molecule has 2 unspecified atom stereocenters. The molecule has 4 nitrogen and oxygen atoms in total. The molecule has 1 aromatic rings. The summed E-state index contributed by atoms with van der Waals surface area (Å²) in [6.45, 7) is 4.84. The SMILES string of the molecule is CC12CC3CC(C)(C1)CC(Cc1nc(CO)no1)(C3)C2. The Balaban J connectivity index is 1.63. The van der Waals surface area contributed by atoms with Crippen LogP contribution >= 0.6 is 0 Å². The van der Waals surface area contributed by atoms with Crippen LogP contribution in [0.2, 0.25) is 0 Å². The van der Waals surface area contributed by atoms with Gasteiger partial charge in [-0.05, 0) is 60.7 Å². The number of rotatable bonds is 3. The Bertz CT molecular complexity index is 520. The fraction of sp³-hybridized carbons (Fsp3) is 0.875. The van der Waals surface area contributed by atoms with Crippen LogP contribution in [-0.4, -0.2) is 15.2 Å². The summed E-state index contributed by atoms with van der Waals surface area (Å²) in [4.78, 5) is 4.32. The molecule has 4 bridgehead atoms. The molecule has 0 saturated heterocycles. The first-order valence-electron chi connectivity index (χ1n) is 7.84. The fourth-order valence-electron chi connectivity index (χ4n) is 6.63. The topological polar surface area (TPSA) is 59.2 Å². The molecule has 4 aliphatic rings. The molecule has 0 radical (unpaired) electrons. The van der Waals surface area contributed by atoms with Crippen LogP contribution in [-0.2, 0) is 13.0 Å². The molecule has 1 heterocycles. The first-order chi connectivity index (χ1) is 9.42. The van der Waals surface area contributed by atoms with Crippen LogP contribution in [0.3, 0.4) is 0 Å². The number of aliphatic hydroxyl groups is 1. The number of aromatic nitrogens is 2. The molecule has 0 aromatic carbocycles. The molecule has 4 aliphatic carbocycles. The van der Waals surface area contributed by atoms with Gasteiger partial charge in [-0.3, -0.25) is 0 Å². The molecular weight excluding hydrogens is 252 g/mol. The lowest BCUT2D eigenvalue weighted by molar-refractivity contribution is -0.146. The molecule has 2 atom stereocenters. The Labute approximate surface area is 120 Å². The van der Waals surface area contributed by atoms with Gasteiger partial charge in [-0.15, -0.1) is 0 Å². The fourth-order valence-corrected chi connectivity index (χ4v) is 6.63. The molecular formula is C16H24N2O2. The van der Waals surface area contributed by atoms with Crippen LogP contribution in [0.5, 0.6) is 0 Å². The summed E-state index contributed by atoms with van der Waals surface area (Å²) in [5, 5.41) is 12.9.